The number of benzene rings is 1. The monoisotopic (exact) mass is 285 g/mol. The highest BCUT2D eigenvalue weighted by Gasteiger charge is 2.28. The minimum absolute atomic E-state index is 0.00856. The molecule has 0 aliphatic carbocycles. The number of carbonyl (C=O) groups is 1. The summed E-state index contributed by atoms with van der Waals surface area (Å²) in [6.07, 6.45) is -0.000933. The SMILES string of the molecule is CC1CN(C(=O)Cc2c(F)cccc2Cl)C(C)CO1. The topological polar surface area (TPSA) is 29.5 Å². The normalized spacial score (nSPS) is 23.5. The summed E-state index contributed by atoms with van der Waals surface area (Å²) in [5, 5.41) is 0.294. The highest BCUT2D eigenvalue weighted by molar-refractivity contribution is 6.31. The van der Waals surface area contributed by atoms with Crippen molar-refractivity contribution in [2.45, 2.75) is 32.4 Å². The third-order valence-corrected chi connectivity index (χ3v) is 3.67. The van der Waals surface area contributed by atoms with Gasteiger partial charge in [0.25, 0.3) is 0 Å². The summed E-state index contributed by atoms with van der Waals surface area (Å²) in [5.41, 5.74) is 0.264. The van der Waals surface area contributed by atoms with Crippen LogP contribution >= 0.6 is 11.6 Å². The Kier molecular flexibility index (Phi) is 4.42. The number of nitrogens with zero attached hydrogens (tertiary/aromatic N) is 1. The van der Waals surface area contributed by atoms with Gasteiger partial charge >= 0.3 is 0 Å². The molecule has 0 saturated carbocycles. The Bertz CT molecular complexity index is 460. The fraction of sp³-hybridized carbons (Fsp3) is 0.500. The van der Waals surface area contributed by atoms with Crippen molar-refractivity contribution in [2.24, 2.45) is 0 Å². The van der Waals surface area contributed by atoms with Crippen LogP contribution in [-0.4, -0.2) is 36.1 Å². The number of halogens is 2. The lowest BCUT2D eigenvalue weighted by atomic mass is 10.1. The van der Waals surface area contributed by atoms with E-state index in [4.69, 9.17) is 16.3 Å². The van der Waals surface area contributed by atoms with Crippen LogP contribution in [0.1, 0.15) is 19.4 Å². The van der Waals surface area contributed by atoms with Gasteiger partial charge in [-0.1, -0.05) is 17.7 Å². The molecule has 0 radical (unpaired) electrons. The highest BCUT2D eigenvalue weighted by atomic mass is 35.5. The maximum Gasteiger partial charge on any atom is 0.227 e. The van der Waals surface area contributed by atoms with E-state index in [0.29, 0.717) is 18.2 Å². The van der Waals surface area contributed by atoms with E-state index in [1.165, 1.54) is 12.1 Å². The third-order valence-electron chi connectivity index (χ3n) is 3.32. The van der Waals surface area contributed by atoms with Gasteiger partial charge in [-0.3, -0.25) is 4.79 Å². The van der Waals surface area contributed by atoms with Gasteiger partial charge in [0.1, 0.15) is 5.82 Å². The van der Waals surface area contributed by atoms with Gasteiger partial charge in [-0.25, -0.2) is 4.39 Å². The summed E-state index contributed by atoms with van der Waals surface area (Å²) >= 11 is 5.94. The lowest BCUT2D eigenvalue weighted by Crippen LogP contribution is -2.50. The molecule has 0 spiro atoms. The summed E-state index contributed by atoms with van der Waals surface area (Å²) in [4.78, 5) is 14.0. The van der Waals surface area contributed by atoms with Crippen molar-refractivity contribution in [1.29, 1.82) is 0 Å². The fourth-order valence-corrected chi connectivity index (χ4v) is 2.43. The van der Waals surface area contributed by atoms with Gasteiger partial charge in [-0.15, -0.1) is 0 Å². The molecule has 0 bridgehead atoms. The second kappa shape index (κ2) is 5.88. The predicted molar refractivity (Wildman–Crippen MR) is 71.7 cm³/mol. The van der Waals surface area contributed by atoms with Gasteiger partial charge in [0, 0.05) is 17.1 Å². The Morgan fingerprint density at radius 3 is 2.95 bits per heavy atom. The van der Waals surface area contributed by atoms with Crippen LogP contribution in [0, 0.1) is 5.82 Å². The number of carbonyl (C=O) groups excluding carboxylic acids is 1. The van der Waals surface area contributed by atoms with E-state index in [2.05, 4.69) is 0 Å². The maximum absolute atomic E-state index is 13.7. The highest BCUT2D eigenvalue weighted by Crippen LogP contribution is 2.21. The van der Waals surface area contributed by atoms with Crippen molar-refractivity contribution in [3.8, 4) is 0 Å². The van der Waals surface area contributed by atoms with E-state index in [1.807, 2.05) is 13.8 Å². The van der Waals surface area contributed by atoms with Crippen LogP contribution in [0.15, 0.2) is 18.2 Å². The third kappa shape index (κ3) is 3.25. The van der Waals surface area contributed by atoms with Crippen molar-refractivity contribution < 1.29 is 13.9 Å². The summed E-state index contributed by atoms with van der Waals surface area (Å²) < 4.78 is 19.1. The molecule has 1 aromatic carbocycles. The molecule has 1 saturated heterocycles. The van der Waals surface area contributed by atoms with E-state index < -0.39 is 5.82 Å². The summed E-state index contributed by atoms with van der Waals surface area (Å²) in [6, 6.07) is 4.46. The molecule has 1 fully saturated rings. The molecule has 0 aromatic heterocycles. The second-order valence-electron chi connectivity index (χ2n) is 4.92. The Morgan fingerprint density at radius 1 is 1.53 bits per heavy atom. The van der Waals surface area contributed by atoms with Gasteiger partial charge in [0.05, 0.1) is 25.2 Å². The summed E-state index contributed by atoms with van der Waals surface area (Å²) in [5.74, 6) is -0.551. The van der Waals surface area contributed by atoms with Gasteiger partial charge in [0.2, 0.25) is 5.91 Å². The minimum Gasteiger partial charge on any atom is -0.375 e. The van der Waals surface area contributed by atoms with Gasteiger partial charge in [-0.05, 0) is 26.0 Å². The van der Waals surface area contributed by atoms with Crippen LogP contribution in [-0.2, 0) is 16.0 Å². The molecular weight excluding hydrogens is 269 g/mol. The number of hydrogen-bond acceptors (Lipinski definition) is 2. The zero-order valence-corrected chi connectivity index (χ0v) is 11.8. The maximum atomic E-state index is 13.7. The molecule has 104 valence electrons. The molecule has 1 amide bonds. The number of hydrogen-bond donors (Lipinski definition) is 0. The van der Waals surface area contributed by atoms with E-state index >= 15 is 0 Å². The van der Waals surface area contributed by atoms with Crippen molar-refractivity contribution in [2.75, 3.05) is 13.2 Å². The van der Waals surface area contributed by atoms with Crippen LogP contribution in [0.25, 0.3) is 0 Å². The van der Waals surface area contributed by atoms with E-state index in [1.54, 1.807) is 11.0 Å². The average molecular weight is 286 g/mol. The minimum atomic E-state index is -0.435. The standard InChI is InChI=1S/C14H17ClFNO2/c1-9-8-19-10(2)7-17(9)14(18)6-11-12(15)4-3-5-13(11)16/h3-5,9-10H,6-8H2,1-2H3. The summed E-state index contributed by atoms with van der Waals surface area (Å²) in [6.45, 7) is 4.89. The Balaban J connectivity index is 2.12. The number of amides is 1. The van der Waals surface area contributed by atoms with Crippen LogP contribution < -0.4 is 0 Å². The molecule has 2 atom stereocenters. The van der Waals surface area contributed by atoms with Gasteiger partial charge in [-0.2, -0.15) is 0 Å². The molecule has 0 N–H and O–H groups in total. The first kappa shape index (κ1) is 14.3. The zero-order valence-electron chi connectivity index (χ0n) is 11.0. The molecule has 1 aliphatic heterocycles. The van der Waals surface area contributed by atoms with Crippen molar-refractivity contribution >= 4 is 17.5 Å². The quantitative estimate of drug-likeness (QED) is 0.836. The lowest BCUT2D eigenvalue weighted by Gasteiger charge is -2.37. The molecule has 5 heteroatoms. The lowest BCUT2D eigenvalue weighted by molar-refractivity contribution is -0.142. The van der Waals surface area contributed by atoms with Gasteiger partial charge < -0.3 is 9.64 Å². The molecule has 1 aromatic rings. The van der Waals surface area contributed by atoms with Crippen LogP contribution in [0.2, 0.25) is 5.02 Å². The van der Waals surface area contributed by atoms with Crippen molar-refractivity contribution in [1.82, 2.24) is 4.90 Å². The van der Waals surface area contributed by atoms with E-state index in [0.717, 1.165) is 0 Å². The molecular formula is C14H17ClFNO2. The number of rotatable bonds is 2. The first-order valence-electron chi connectivity index (χ1n) is 6.33. The van der Waals surface area contributed by atoms with Crippen LogP contribution in [0.4, 0.5) is 4.39 Å². The number of ether oxygens (including phenoxy) is 1. The van der Waals surface area contributed by atoms with Crippen molar-refractivity contribution in [3.63, 3.8) is 0 Å². The Labute approximate surface area is 117 Å². The Hall–Kier alpha value is -1.13. The average Bonchev–Trinajstić information content (AvgIpc) is 2.37. The van der Waals surface area contributed by atoms with E-state index in [-0.39, 0.29) is 30.0 Å². The second-order valence-corrected chi connectivity index (χ2v) is 5.32. The van der Waals surface area contributed by atoms with Gasteiger partial charge in [0.15, 0.2) is 0 Å². The van der Waals surface area contributed by atoms with Crippen LogP contribution in [0.3, 0.4) is 0 Å². The molecule has 2 rings (SSSR count). The largest absolute Gasteiger partial charge is 0.375 e. The smallest absolute Gasteiger partial charge is 0.227 e. The van der Waals surface area contributed by atoms with Crippen molar-refractivity contribution in [3.05, 3.63) is 34.6 Å². The van der Waals surface area contributed by atoms with E-state index in [9.17, 15) is 9.18 Å². The first-order chi connectivity index (χ1) is 8.99. The molecule has 1 aliphatic rings. The Morgan fingerprint density at radius 2 is 2.26 bits per heavy atom. The molecule has 19 heavy (non-hydrogen) atoms. The van der Waals surface area contributed by atoms with Crippen LogP contribution in [0.5, 0.6) is 0 Å². The first-order valence-corrected chi connectivity index (χ1v) is 6.70. The predicted octanol–water partition coefficient (Wildman–Crippen LogP) is 2.66. The zero-order chi connectivity index (χ0) is 14.0. The molecule has 2 unspecified atom stereocenters. The molecule has 1 heterocycles. The number of morpholine rings is 1. The molecule has 3 nitrogen and oxygen atoms in total. The summed E-state index contributed by atoms with van der Waals surface area (Å²) in [7, 11) is 0. The fourth-order valence-electron chi connectivity index (χ4n) is 2.20.